The van der Waals surface area contributed by atoms with Crippen LogP contribution in [0.15, 0.2) is 23.3 Å². The number of hydrogen-bond donors (Lipinski definition) is 1. The lowest BCUT2D eigenvalue weighted by molar-refractivity contribution is -0.113. The van der Waals surface area contributed by atoms with Gasteiger partial charge in [0.05, 0.1) is 0 Å². The van der Waals surface area contributed by atoms with Gasteiger partial charge in [0.25, 0.3) is 0 Å². The zero-order chi connectivity index (χ0) is 12.3. The number of rotatable bonds is 3. The molecule has 0 saturated heterocycles. The Kier molecular flexibility index (Phi) is 4.09. The molecular weight excluding hydrogens is 200 g/mol. The Hall–Kier alpha value is -0.890. The van der Waals surface area contributed by atoms with E-state index in [0.29, 0.717) is 5.92 Å². The van der Waals surface area contributed by atoms with Crippen molar-refractivity contribution in [2.45, 2.75) is 40.5 Å². The molecule has 0 aromatic carbocycles. The summed E-state index contributed by atoms with van der Waals surface area (Å²) in [5.41, 5.74) is 1.66. The third kappa shape index (κ3) is 3.05. The van der Waals surface area contributed by atoms with Crippen LogP contribution in [0, 0.1) is 11.3 Å². The van der Waals surface area contributed by atoms with Crippen molar-refractivity contribution in [1.29, 1.82) is 0 Å². The second-order valence-electron chi connectivity index (χ2n) is 5.54. The van der Waals surface area contributed by atoms with Crippen molar-refractivity contribution >= 4 is 5.78 Å². The number of allylic oxidation sites excluding steroid dienone is 4. The summed E-state index contributed by atoms with van der Waals surface area (Å²) in [5, 5.41) is 8.83. The molecule has 1 N–H and O–H groups in total. The Bertz CT molecular complexity index is 329. The average molecular weight is 222 g/mol. The van der Waals surface area contributed by atoms with Crippen LogP contribution in [0.4, 0.5) is 0 Å². The summed E-state index contributed by atoms with van der Waals surface area (Å²) in [6.07, 6.45) is 5.80. The largest absolute Gasteiger partial charge is 0.396 e. The second-order valence-corrected chi connectivity index (χ2v) is 5.54. The Morgan fingerprint density at radius 1 is 1.31 bits per heavy atom. The summed E-state index contributed by atoms with van der Waals surface area (Å²) in [6.45, 7) is 8.30. The zero-order valence-electron chi connectivity index (χ0n) is 10.7. The first kappa shape index (κ1) is 13.2. The van der Waals surface area contributed by atoms with E-state index < -0.39 is 0 Å². The monoisotopic (exact) mass is 222 g/mol. The number of carbonyl (C=O) groups is 1. The smallest absolute Gasteiger partial charge is 0.184 e. The average Bonchev–Trinajstić information content (AvgIpc) is 2.17. The minimum atomic E-state index is -0.0932. The standard InChI is InChI=1S/C14H22O2/c1-10-8-11(6-5-7-15)9-12(13(10)16)14(2,3)4/h8-9,11,15H,5-7H2,1-4H3. The predicted molar refractivity (Wildman–Crippen MR) is 66.1 cm³/mol. The number of ketones is 1. The van der Waals surface area contributed by atoms with Gasteiger partial charge < -0.3 is 5.11 Å². The van der Waals surface area contributed by atoms with Crippen LogP contribution >= 0.6 is 0 Å². The molecule has 16 heavy (non-hydrogen) atoms. The molecule has 1 aliphatic carbocycles. The number of carbonyl (C=O) groups excluding carboxylic acids is 1. The van der Waals surface area contributed by atoms with Crippen molar-refractivity contribution in [3.8, 4) is 0 Å². The Morgan fingerprint density at radius 3 is 2.44 bits per heavy atom. The molecule has 0 heterocycles. The fourth-order valence-electron chi connectivity index (χ4n) is 2.03. The molecule has 0 fully saturated rings. The van der Waals surface area contributed by atoms with Crippen LogP contribution in [-0.4, -0.2) is 17.5 Å². The molecule has 0 aromatic heterocycles. The van der Waals surface area contributed by atoms with Crippen molar-refractivity contribution in [3.63, 3.8) is 0 Å². The van der Waals surface area contributed by atoms with Crippen molar-refractivity contribution in [2.75, 3.05) is 6.61 Å². The molecule has 0 amide bonds. The lowest BCUT2D eigenvalue weighted by Gasteiger charge is -2.27. The SMILES string of the molecule is CC1=CC(CCCO)C=C(C(C)(C)C)C1=O. The van der Waals surface area contributed by atoms with E-state index in [1.807, 2.05) is 13.0 Å². The van der Waals surface area contributed by atoms with Gasteiger partial charge in [-0.3, -0.25) is 4.79 Å². The molecule has 2 nitrogen and oxygen atoms in total. The lowest BCUT2D eigenvalue weighted by Crippen LogP contribution is -2.23. The summed E-state index contributed by atoms with van der Waals surface area (Å²) < 4.78 is 0. The van der Waals surface area contributed by atoms with Gasteiger partial charge in [0.15, 0.2) is 5.78 Å². The van der Waals surface area contributed by atoms with Crippen LogP contribution in [-0.2, 0) is 4.79 Å². The highest BCUT2D eigenvalue weighted by Gasteiger charge is 2.28. The first-order chi connectivity index (χ1) is 7.36. The van der Waals surface area contributed by atoms with E-state index in [9.17, 15) is 4.79 Å². The summed E-state index contributed by atoms with van der Waals surface area (Å²) in [5.74, 6) is 0.479. The molecule has 1 unspecified atom stereocenters. The highest BCUT2D eigenvalue weighted by atomic mass is 16.2. The molecule has 0 aromatic rings. The number of aliphatic hydroxyl groups excluding tert-OH is 1. The Balaban J connectivity index is 2.90. The molecule has 0 aliphatic heterocycles. The third-order valence-electron chi connectivity index (χ3n) is 2.95. The van der Waals surface area contributed by atoms with E-state index in [1.54, 1.807) is 0 Å². The number of Topliss-reactive ketones (excluding diaryl/α,β-unsaturated/α-hetero) is 1. The van der Waals surface area contributed by atoms with Crippen molar-refractivity contribution in [3.05, 3.63) is 23.3 Å². The first-order valence-corrected chi connectivity index (χ1v) is 5.92. The van der Waals surface area contributed by atoms with E-state index in [4.69, 9.17) is 5.11 Å². The van der Waals surface area contributed by atoms with Crippen LogP contribution in [0.2, 0.25) is 0 Å². The van der Waals surface area contributed by atoms with Crippen molar-refractivity contribution in [1.82, 2.24) is 0 Å². The molecule has 0 radical (unpaired) electrons. The lowest BCUT2D eigenvalue weighted by atomic mass is 9.76. The second kappa shape index (κ2) is 4.96. The zero-order valence-corrected chi connectivity index (χ0v) is 10.7. The maximum atomic E-state index is 12.0. The molecule has 0 spiro atoms. The molecule has 2 heteroatoms. The van der Waals surface area contributed by atoms with Crippen LogP contribution < -0.4 is 0 Å². The minimum absolute atomic E-state index is 0.0932. The van der Waals surface area contributed by atoms with Gasteiger partial charge >= 0.3 is 0 Å². The van der Waals surface area contributed by atoms with Gasteiger partial charge in [-0.15, -0.1) is 0 Å². The van der Waals surface area contributed by atoms with Gasteiger partial charge in [0.1, 0.15) is 0 Å². The first-order valence-electron chi connectivity index (χ1n) is 5.92. The highest BCUT2D eigenvalue weighted by molar-refractivity contribution is 6.09. The van der Waals surface area contributed by atoms with Gasteiger partial charge in [-0.25, -0.2) is 0 Å². The van der Waals surface area contributed by atoms with Crippen LogP contribution in [0.5, 0.6) is 0 Å². The summed E-state index contributed by atoms with van der Waals surface area (Å²) in [4.78, 5) is 12.0. The molecule has 1 rings (SSSR count). The van der Waals surface area contributed by atoms with E-state index in [0.717, 1.165) is 24.0 Å². The molecular formula is C14H22O2. The van der Waals surface area contributed by atoms with Gasteiger partial charge in [-0.2, -0.15) is 0 Å². The third-order valence-corrected chi connectivity index (χ3v) is 2.95. The van der Waals surface area contributed by atoms with Crippen molar-refractivity contribution < 1.29 is 9.90 Å². The Labute approximate surface area is 98.1 Å². The molecule has 0 saturated carbocycles. The summed E-state index contributed by atoms with van der Waals surface area (Å²) in [6, 6.07) is 0. The number of hydrogen-bond acceptors (Lipinski definition) is 2. The maximum Gasteiger partial charge on any atom is 0.184 e. The van der Waals surface area contributed by atoms with Gasteiger partial charge in [-0.05, 0) is 36.7 Å². The molecule has 1 atom stereocenters. The van der Waals surface area contributed by atoms with E-state index >= 15 is 0 Å². The van der Waals surface area contributed by atoms with E-state index in [1.165, 1.54) is 0 Å². The topological polar surface area (TPSA) is 37.3 Å². The summed E-state index contributed by atoms with van der Waals surface area (Å²) >= 11 is 0. The molecule has 1 aliphatic rings. The van der Waals surface area contributed by atoms with Crippen LogP contribution in [0.3, 0.4) is 0 Å². The fourth-order valence-corrected chi connectivity index (χ4v) is 2.03. The van der Waals surface area contributed by atoms with Crippen LogP contribution in [0.25, 0.3) is 0 Å². The molecule has 0 bridgehead atoms. The Morgan fingerprint density at radius 2 is 1.94 bits per heavy atom. The van der Waals surface area contributed by atoms with Crippen molar-refractivity contribution in [2.24, 2.45) is 11.3 Å². The maximum absolute atomic E-state index is 12.0. The normalized spacial score (nSPS) is 21.8. The van der Waals surface area contributed by atoms with E-state index in [2.05, 4.69) is 26.8 Å². The van der Waals surface area contributed by atoms with Crippen LogP contribution in [0.1, 0.15) is 40.5 Å². The van der Waals surface area contributed by atoms with Gasteiger partial charge in [0, 0.05) is 12.2 Å². The number of aliphatic hydroxyl groups is 1. The summed E-state index contributed by atoms with van der Waals surface area (Å²) in [7, 11) is 0. The molecule has 90 valence electrons. The fraction of sp³-hybridized carbons (Fsp3) is 0.643. The quantitative estimate of drug-likeness (QED) is 0.797. The highest BCUT2D eigenvalue weighted by Crippen LogP contribution is 2.33. The predicted octanol–water partition coefficient (Wildman–Crippen LogP) is 2.88. The van der Waals surface area contributed by atoms with E-state index in [-0.39, 0.29) is 17.8 Å². The van der Waals surface area contributed by atoms with Gasteiger partial charge in [0.2, 0.25) is 0 Å². The minimum Gasteiger partial charge on any atom is -0.396 e. The van der Waals surface area contributed by atoms with Gasteiger partial charge in [-0.1, -0.05) is 32.9 Å².